The van der Waals surface area contributed by atoms with Gasteiger partial charge in [0.2, 0.25) is 0 Å². The van der Waals surface area contributed by atoms with Crippen LogP contribution in [0.3, 0.4) is 0 Å². The number of hydrogen-bond acceptors (Lipinski definition) is 2. The molecule has 0 radical (unpaired) electrons. The van der Waals surface area contributed by atoms with E-state index in [9.17, 15) is 4.39 Å². The summed E-state index contributed by atoms with van der Waals surface area (Å²) >= 11 is 0. The zero-order valence-corrected chi connectivity index (χ0v) is 11.4. The molecule has 0 bridgehead atoms. The van der Waals surface area contributed by atoms with Gasteiger partial charge in [-0.3, -0.25) is 0 Å². The number of nitrogens with zero attached hydrogens (tertiary/aromatic N) is 3. The summed E-state index contributed by atoms with van der Waals surface area (Å²) < 4.78 is 16.0. The van der Waals surface area contributed by atoms with Crippen LogP contribution in [0.4, 0.5) is 4.39 Å². The van der Waals surface area contributed by atoms with Crippen LogP contribution in [0, 0.1) is 5.92 Å². The van der Waals surface area contributed by atoms with Crippen molar-refractivity contribution in [2.24, 2.45) is 5.92 Å². The molecule has 1 saturated carbocycles. The fourth-order valence-electron chi connectivity index (χ4n) is 3.22. The summed E-state index contributed by atoms with van der Waals surface area (Å²) in [4.78, 5) is 4.45. The van der Waals surface area contributed by atoms with Crippen molar-refractivity contribution in [3.63, 3.8) is 0 Å². The molecule has 0 amide bonds. The Morgan fingerprint density at radius 2 is 2.00 bits per heavy atom. The number of rotatable bonds is 3. The van der Waals surface area contributed by atoms with Gasteiger partial charge in [-0.15, -0.1) is 0 Å². The number of benzene rings is 1. The molecule has 4 rings (SSSR count). The number of aromatic nitrogens is 3. The van der Waals surface area contributed by atoms with E-state index in [0.29, 0.717) is 18.2 Å². The van der Waals surface area contributed by atoms with Crippen LogP contribution in [-0.2, 0) is 6.42 Å². The molecule has 0 saturated heterocycles. The Kier molecular flexibility index (Phi) is 2.83. The van der Waals surface area contributed by atoms with Crippen LogP contribution in [0.15, 0.2) is 30.3 Å². The summed E-state index contributed by atoms with van der Waals surface area (Å²) in [5.41, 5.74) is 1.12. The lowest BCUT2D eigenvalue weighted by Crippen LogP contribution is -2.15. The average Bonchev–Trinajstić information content (AvgIpc) is 2.96. The highest BCUT2D eigenvalue weighted by Crippen LogP contribution is 2.39. The van der Waals surface area contributed by atoms with Crippen molar-refractivity contribution >= 4 is 0 Å². The standard InChI is InChI=1S/C16H18FN3/c17-13-10-14(12-7-2-1-3-8-12)20-16(13)18-15(19-20)9-11-5-4-6-11/h1-3,7-8,11,13-14H,4-6,9-10H2/t13-,14-/m1/s1. The van der Waals surface area contributed by atoms with Crippen molar-refractivity contribution in [2.75, 3.05) is 0 Å². The Morgan fingerprint density at radius 3 is 2.70 bits per heavy atom. The summed E-state index contributed by atoms with van der Waals surface area (Å²) in [7, 11) is 0. The predicted molar refractivity (Wildman–Crippen MR) is 74.1 cm³/mol. The molecule has 2 atom stereocenters. The average molecular weight is 271 g/mol. The molecule has 1 aliphatic heterocycles. The van der Waals surface area contributed by atoms with Crippen molar-refractivity contribution < 1.29 is 4.39 Å². The number of halogens is 1. The Bertz CT molecular complexity index is 603. The fraction of sp³-hybridized carbons (Fsp3) is 0.500. The quantitative estimate of drug-likeness (QED) is 0.853. The fourth-order valence-corrected chi connectivity index (χ4v) is 3.22. The van der Waals surface area contributed by atoms with Gasteiger partial charge in [0.1, 0.15) is 0 Å². The molecule has 0 unspecified atom stereocenters. The van der Waals surface area contributed by atoms with Gasteiger partial charge in [-0.2, -0.15) is 5.10 Å². The summed E-state index contributed by atoms with van der Waals surface area (Å²) in [6.07, 6.45) is 4.24. The lowest BCUT2D eigenvalue weighted by molar-refractivity contribution is 0.304. The van der Waals surface area contributed by atoms with E-state index in [-0.39, 0.29) is 6.04 Å². The van der Waals surface area contributed by atoms with Gasteiger partial charge in [-0.05, 0) is 11.5 Å². The zero-order chi connectivity index (χ0) is 13.5. The van der Waals surface area contributed by atoms with Gasteiger partial charge < -0.3 is 0 Å². The monoisotopic (exact) mass is 271 g/mol. The second kappa shape index (κ2) is 4.69. The molecule has 104 valence electrons. The van der Waals surface area contributed by atoms with E-state index in [1.165, 1.54) is 19.3 Å². The molecule has 0 N–H and O–H groups in total. The largest absolute Gasteiger partial charge is 0.239 e. The first-order valence-corrected chi connectivity index (χ1v) is 7.45. The lowest BCUT2D eigenvalue weighted by atomic mass is 9.83. The maximum absolute atomic E-state index is 14.2. The molecule has 2 heterocycles. The van der Waals surface area contributed by atoms with E-state index in [1.807, 2.05) is 35.0 Å². The van der Waals surface area contributed by atoms with Gasteiger partial charge in [0, 0.05) is 12.8 Å². The molecular formula is C16H18FN3. The molecule has 1 aliphatic carbocycles. The van der Waals surface area contributed by atoms with Crippen molar-refractivity contribution in [2.45, 2.75) is 44.3 Å². The highest BCUT2D eigenvalue weighted by atomic mass is 19.1. The molecule has 20 heavy (non-hydrogen) atoms. The zero-order valence-electron chi connectivity index (χ0n) is 11.4. The molecule has 4 heteroatoms. The van der Waals surface area contributed by atoms with E-state index < -0.39 is 6.17 Å². The van der Waals surface area contributed by atoms with Crippen LogP contribution in [0.2, 0.25) is 0 Å². The van der Waals surface area contributed by atoms with Crippen molar-refractivity contribution in [1.82, 2.24) is 14.8 Å². The van der Waals surface area contributed by atoms with E-state index in [1.54, 1.807) is 0 Å². The van der Waals surface area contributed by atoms with E-state index in [4.69, 9.17) is 0 Å². The molecular weight excluding hydrogens is 253 g/mol. The van der Waals surface area contributed by atoms with Crippen LogP contribution < -0.4 is 0 Å². The van der Waals surface area contributed by atoms with Gasteiger partial charge >= 0.3 is 0 Å². The van der Waals surface area contributed by atoms with Crippen molar-refractivity contribution in [3.05, 3.63) is 47.5 Å². The van der Waals surface area contributed by atoms with E-state index in [2.05, 4.69) is 10.1 Å². The SMILES string of the molecule is F[C@@H]1C[C@H](c2ccccc2)n2nc(CC3CCC3)nc21. The van der Waals surface area contributed by atoms with Crippen LogP contribution in [0.25, 0.3) is 0 Å². The van der Waals surface area contributed by atoms with Crippen molar-refractivity contribution in [3.8, 4) is 0 Å². The maximum atomic E-state index is 14.2. The number of hydrogen-bond donors (Lipinski definition) is 0. The Morgan fingerprint density at radius 1 is 1.20 bits per heavy atom. The molecule has 1 aromatic heterocycles. The highest BCUT2D eigenvalue weighted by Gasteiger charge is 2.35. The summed E-state index contributed by atoms with van der Waals surface area (Å²) in [5, 5.41) is 4.59. The van der Waals surface area contributed by atoms with Gasteiger partial charge in [-0.1, -0.05) is 49.6 Å². The Hall–Kier alpha value is -1.71. The predicted octanol–water partition coefficient (Wildman–Crippen LogP) is 3.62. The summed E-state index contributed by atoms with van der Waals surface area (Å²) in [6.45, 7) is 0. The summed E-state index contributed by atoms with van der Waals surface area (Å²) in [5.74, 6) is 2.06. The minimum Gasteiger partial charge on any atom is -0.239 e. The van der Waals surface area contributed by atoms with Gasteiger partial charge in [0.05, 0.1) is 6.04 Å². The minimum absolute atomic E-state index is 0.00356. The topological polar surface area (TPSA) is 30.7 Å². The molecule has 2 aromatic rings. The number of alkyl halides is 1. The van der Waals surface area contributed by atoms with Crippen LogP contribution >= 0.6 is 0 Å². The molecule has 0 spiro atoms. The van der Waals surface area contributed by atoms with Crippen molar-refractivity contribution in [1.29, 1.82) is 0 Å². The van der Waals surface area contributed by atoms with E-state index >= 15 is 0 Å². The first-order chi connectivity index (χ1) is 9.81. The summed E-state index contributed by atoms with van der Waals surface area (Å²) in [6, 6.07) is 10.1. The second-order valence-corrected chi connectivity index (χ2v) is 5.96. The minimum atomic E-state index is -0.983. The smallest absolute Gasteiger partial charge is 0.162 e. The molecule has 2 aliphatic rings. The molecule has 3 nitrogen and oxygen atoms in total. The van der Waals surface area contributed by atoms with Crippen LogP contribution in [-0.4, -0.2) is 14.8 Å². The highest BCUT2D eigenvalue weighted by molar-refractivity contribution is 5.23. The van der Waals surface area contributed by atoms with Gasteiger partial charge in [-0.25, -0.2) is 14.1 Å². The molecule has 1 fully saturated rings. The maximum Gasteiger partial charge on any atom is 0.162 e. The number of fused-ring (bicyclic) bond motifs is 1. The Labute approximate surface area is 117 Å². The van der Waals surface area contributed by atoms with E-state index in [0.717, 1.165) is 17.8 Å². The first-order valence-electron chi connectivity index (χ1n) is 7.45. The van der Waals surface area contributed by atoms with Gasteiger partial charge in [0.15, 0.2) is 17.8 Å². The third-order valence-electron chi connectivity index (χ3n) is 4.59. The van der Waals surface area contributed by atoms with Gasteiger partial charge in [0.25, 0.3) is 0 Å². The second-order valence-electron chi connectivity index (χ2n) is 5.96. The molecule has 1 aromatic carbocycles. The van der Waals surface area contributed by atoms with Crippen LogP contribution in [0.5, 0.6) is 0 Å². The normalized spacial score (nSPS) is 25.4. The Balaban J connectivity index is 1.64. The van der Waals surface area contributed by atoms with Crippen LogP contribution in [0.1, 0.15) is 55.1 Å². The lowest BCUT2D eigenvalue weighted by Gasteiger charge is -2.23. The third-order valence-corrected chi connectivity index (χ3v) is 4.59. The first kappa shape index (κ1) is 12.1. The third kappa shape index (κ3) is 1.94.